The minimum absolute atomic E-state index is 0.0407. The first kappa shape index (κ1) is 17.0. The summed E-state index contributed by atoms with van der Waals surface area (Å²) in [5.74, 6) is -1.14. The van der Waals surface area contributed by atoms with Gasteiger partial charge in [-0.15, -0.1) is 0 Å². The van der Waals surface area contributed by atoms with Crippen molar-refractivity contribution >= 4 is 31.9 Å². The van der Waals surface area contributed by atoms with Crippen LogP contribution in [-0.2, 0) is 14.8 Å². The van der Waals surface area contributed by atoms with Crippen molar-refractivity contribution in [2.45, 2.75) is 11.3 Å². The third-order valence-corrected chi connectivity index (χ3v) is 6.06. The fraction of sp³-hybridized carbons (Fsp3) is 0.462. The van der Waals surface area contributed by atoms with Gasteiger partial charge in [-0.3, -0.25) is 4.79 Å². The number of halogens is 1. The summed E-state index contributed by atoms with van der Waals surface area (Å²) in [5.41, 5.74) is 0. The van der Waals surface area contributed by atoms with Crippen LogP contribution in [0.15, 0.2) is 21.5 Å². The number of carbonyl (C=O) groups is 1. The van der Waals surface area contributed by atoms with Crippen LogP contribution in [0.4, 0.5) is 0 Å². The topological polar surface area (TPSA) is 93.1 Å². The molecule has 1 aromatic rings. The molecule has 1 fully saturated rings. The number of nitrogens with zero attached hydrogens (tertiary/aromatic N) is 1. The lowest BCUT2D eigenvalue weighted by atomic mass is 10.1. The summed E-state index contributed by atoms with van der Waals surface area (Å²) in [4.78, 5) is 11.0. The number of sulfonamides is 1. The summed E-state index contributed by atoms with van der Waals surface area (Å²) < 4.78 is 37.5. The summed E-state index contributed by atoms with van der Waals surface area (Å²) in [6, 6.07) is 2.88. The van der Waals surface area contributed by atoms with Gasteiger partial charge in [-0.05, 0) is 28.4 Å². The monoisotopic (exact) mass is 393 g/mol. The third-order valence-electron chi connectivity index (χ3n) is 3.56. The van der Waals surface area contributed by atoms with E-state index in [-0.39, 0.29) is 23.7 Å². The average Bonchev–Trinajstić information content (AvgIpc) is 2.97. The van der Waals surface area contributed by atoms with Gasteiger partial charge in [0.05, 0.1) is 24.6 Å². The van der Waals surface area contributed by atoms with Gasteiger partial charge in [0.15, 0.2) is 0 Å². The predicted octanol–water partition coefficient (Wildman–Crippen LogP) is 1.56. The lowest BCUT2D eigenvalue weighted by molar-refractivity contribution is -0.141. The Bertz CT molecular complexity index is 690. The van der Waals surface area contributed by atoms with E-state index in [1.54, 1.807) is 0 Å². The number of hydrogen-bond acceptors (Lipinski definition) is 5. The maximum absolute atomic E-state index is 12.7. The Kier molecular flexibility index (Phi) is 4.98. The lowest BCUT2D eigenvalue weighted by Gasteiger charge is -2.19. The molecule has 1 atom stereocenters. The molecule has 1 heterocycles. The molecular formula is C13H16BrNO6S. The molecule has 0 radical (unpaired) electrons. The van der Waals surface area contributed by atoms with Crippen molar-refractivity contribution in [3.8, 4) is 11.5 Å². The van der Waals surface area contributed by atoms with Crippen LogP contribution in [0.1, 0.15) is 6.42 Å². The van der Waals surface area contributed by atoms with Crippen LogP contribution < -0.4 is 9.47 Å². The predicted molar refractivity (Wildman–Crippen MR) is 81.7 cm³/mol. The Hall–Kier alpha value is -1.32. The molecule has 1 saturated heterocycles. The maximum Gasteiger partial charge on any atom is 0.307 e. The second-order valence-corrected chi connectivity index (χ2v) is 7.59. The van der Waals surface area contributed by atoms with Crippen LogP contribution in [0.3, 0.4) is 0 Å². The molecule has 9 heteroatoms. The van der Waals surface area contributed by atoms with E-state index in [0.29, 0.717) is 16.6 Å². The quantitative estimate of drug-likeness (QED) is 0.815. The van der Waals surface area contributed by atoms with Gasteiger partial charge in [0.2, 0.25) is 10.0 Å². The zero-order valence-corrected chi connectivity index (χ0v) is 14.5. The van der Waals surface area contributed by atoms with Crippen molar-refractivity contribution in [1.82, 2.24) is 4.31 Å². The summed E-state index contributed by atoms with van der Waals surface area (Å²) in [5, 5.41) is 9.01. The first-order valence-corrected chi connectivity index (χ1v) is 8.69. The summed E-state index contributed by atoms with van der Waals surface area (Å²) in [6.45, 7) is 0.125. The number of carboxylic acids is 1. The zero-order valence-electron chi connectivity index (χ0n) is 12.1. The van der Waals surface area contributed by atoms with Crippen LogP contribution in [-0.4, -0.2) is 51.1 Å². The molecule has 1 unspecified atom stereocenters. The van der Waals surface area contributed by atoms with Crippen LogP contribution in [0.2, 0.25) is 0 Å². The minimum atomic E-state index is -3.85. The molecule has 122 valence electrons. The fourth-order valence-electron chi connectivity index (χ4n) is 2.32. The number of ether oxygens (including phenoxy) is 2. The van der Waals surface area contributed by atoms with Crippen LogP contribution >= 0.6 is 15.9 Å². The highest BCUT2D eigenvalue weighted by Crippen LogP contribution is 2.37. The van der Waals surface area contributed by atoms with Gasteiger partial charge in [-0.25, -0.2) is 8.42 Å². The number of carboxylic acid groups (broad SMARTS) is 1. The molecule has 0 spiro atoms. The molecular weight excluding hydrogens is 378 g/mol. The maximum atomic E-state index is 12.7. The molecule has 22 heavy (non-hydrogen) atoms. The molecule has 0 aromatic heterocycles. The van der Waals surface area contributed by atoms with Crippen molar-refractivity contribution in [3.05, 3.63) is 16.6 Å². The Morgan fingerprint density at radius 3 is 2.45 bits per heavy atom. The summed E-state index contributed by atoms with van der Waals surface area (Å²) in [6.07, 6.45) is 0.296. The number of methoxy groups -OCH3 is 2. The van der Waals surface area contributed by atoms with Crippen molar-refractivity contribution in [2.24, 2.45) is 5.92 Å². The normalized spacial score (nSPS) is 19.1. The van der Waals surface area contributed by atoms with E-state index in [9.17, 15) is 13.2 Å². The highest BCUT2D eigenvalue weighted by Gasteiger charge is 2.37. The van der Waals surface area contributed by atoms with Gasteiger partial charge in [0.1, 0.15) is 16.4 Å². The Morgan fingerprint density at radius 1 is 1.32 bits per heavy atom. The van der Waals surface area contributed by atoms with Crippen molar-refractivity contribution in [2.75, 3.05) is 27.3 Å². The molecule has 1 aromatic carbocycles. The second kappa shape index (κ2) is 6.43. The molecule has 2 rings (SSSR count). The Morgan fingerprint density at radius 2 is 1.95 bits per heavy atom. The molecule has 0 saturated carbocycles. The van der Waals surface area contributed by atoms with E-state index in [1.165, 1.54) is 26.4 Å². The Labute approximate surface area is 137 Å². The van der Waals surface area contributed by atoms with E-state index < -0.39 is 21.9 Å². The van der Waals surface area contributed by atoms with E-state index >= 15 is 0 Å². The van der Waals surface area contributed by atoms with Gasteiger partial charge in [0, 0.05) is 19.2 Å². The molecule has 1 aliphatic rings. The fourth-order valence-corrected chi connectivity index (χ4v) is 4.46. The van der Waals surface area contributed by atoms with Crippen LogP contribution in [0.25, 0.3) is 0 Å². The highest BCUT2D eigenvalue weighted by molar-refractivity contribution is 9.10. The Balaban J connectivity index is 2.43. The minimum Gasteiger partial charge on any atom is -0.496 e. The molecule has 0 bridgehead atoms. The lowest BCUT2D eigenvalue weighted by Crippen LogP contribution is -2.30. The first-order valence-electron chi connectivity index (χ1n) is 6.45. The van der Waals surface area contributed by atoms with E-state index in [1.807, 2.05) is 0 Å². The number of rotatable bonds is 5. The van der Waals surface area contributed by atoms with Gasteiger partial charge in [-0.2, -0.15) is 4.31 Å². The molecule has 7 nitrogen and oxygen atoms in total. The first-order chi connectivity index (χ1) is 10.3. The molecule has 0 aliphatic carbocycles. The number of hydrogen-bond donors (Lipinski definition) is 1. The van der Waals surface area contributed by atoms with E-state index in [2.05, 4.69) is 15.9 Å². The average molecular weight is 394 g/mol. The smallest absolute Gasteiger partial charge is 0.307 e. The van der Waals surface area contributed by atoms with Crippen molar-refractivity contribution in [1.29, 1.82) is 0 Å². The van der Waals surface area contributed by atoms with Crippen molar-refractivity contribution in [3.63, 3.8) is 0 Å². The molecule has 0 amide bonds. The van der Waals surface area contributed by atoms with Gasteiger partial charge in [0.25, 0.3) is 0 Å². The SMILES string of the molecule is COc1cc(S(=O)(=O)N2CCC(C(=O)O)C2)c(OC)cc1Br. The standard InChI is InChI=1S/C13H16BrNO6S/c1-20-10-6-12(11(21-2)5-9(10)14)22(18,19)15-4-3-8(7-15)13(16)17/h5-6,8H,3-4,7H2,1-2H3,(H,16,17). The van der Waals surface area contributed by atoms with Crippen LogP contribution in [0, 0.1) is 5.92 Å². The molecule has 1 aliphatic heterocycles. The van der Waals surface area contributed by atoms with Crippen molar-refractivity contribution < 1.29 is 27.8 Å². The van der Waals surface area contributed by atoms with E-state index in [0.717, 1.165) is 4.31 Å². The van der Waals surface area contributed by atoms with Gasteiger partial charge >= 0.3 is 5.97 Å². The number of aliphatic carboxylic acids is 1. The van der Waals surface area contributed by atoms with Crippen LogP contribution in [0.5, 0.6) is 11.5 Å². The summed E-state index contributed by atoms with van der Waals surface area (Å²) in [7, 11) is -1.05. The largest absolute Gasteiger partial charge is 0.496 e. The third kappa shape index (κ3) is 3.06. The zero-order chi connectivity index (χ0) is 16.5. The van der Waals surface area contributed by atoms with E-state index in [4.69, 9.17) is 14.6 Å². The number of benzene rings is 1. The second-order valence-electron chi connectivity index (χ2n) is 4.82. The van der Waals surface area contributed by atoms with Gasteiger partial charge in [-0.1, -0.05) is 0 Å². The highest BCUT2D eigenvalue weighted by atomic mass is 79.9. The van der Waals surface area contributed by atoms with Gasteiger partial charge < -0.3 is 14.6 Å². The summed E-state index contributed by atoms with van der Waals surface area (Å²) >= 11 is 3.27. The molecule has 1 N–H and O–H groups in total.